The number of Topliss-reactive ketones (excluding diaryl/α,β-unsaturated/α-hetero) is 2. The Kier molecular flexibility index (Phi) is 18.0. The molecule has 0 aromatic carbocycles. The van der Waals surface area contributed by atoms with Gasteiger partial charge < -0.3 is 42.0 Å². The Morgan fingerprint density at radius 3 is 2.34 bits per heavy atom. The Hall–Kier alpha value is -2.63. The largest absolute Gasteiger partial charge is 0.456 e. The van der Waals surface area contributed by atoms with E-state index in [9.17, 15) is 39.0 Å². The van der Waals surface area contributed by atoms with E-state index in [0.717, 1.165) is 10.5 Å². The molecule has 4 rings (SSSR count). The lowest BCUT2D eigenvalue weighted by Crippen LogP contribution is -2.63. The van der Waals surface area contributed by atoms with E-state index in [2.05, 4.69) is 6.58 Å². The Labute approximate surface area is 357 Å². The van der Waals surface area contributed by atoms with Gasteiger partial charge in [0.1, 0.15) is 53.5 Å². The lowest BCUT2D eigenvalue weighted by atomic mass is 9.75. The molecule has 0 aromatic heterocycles. The number of fused-ring (bicyclic) bond motifs is 3. The molecule has 58 heavy (non-hydrogen) atoms. The molecule has 3 heterocycles. The Morgan fingerprint density at radius 1 is 1.02 bits per heavy atom. The van der Waals surface area contributed by atoms with E-state index in [1.807, 2.05) is 39.8 Å². The number of piperidine rings is 1. The molecule has 0 radical (unpaired) electrons. The van der Waals surface area contributed by atoms with Crippen LogP contribution in [-0.4, -0.2) is 107 Å². The molecule has 0 spiro atoms. The highest BCUT2D eigenvalue weighted by atomic mass is 127. The summed E-state index contributed by atoms with van der Waals surface area (Å²) in [5.74, 6) is -9.78. The van der Waals surface area contributed by atoms with Gasteiger partial charge in [-0.15, -0.1) is 6.58 Å². The number of ether oxygens (including phenoxy) is 3. The topological polar surface area (TPSA) is 183 Å². The van der Waals surface area contributed by atoms with Gasteiger partial charge in [0.25, 0.3) is 11.7 Å². The first-order valence-electron chi connectivity index (χ1n) is 20.9. The second-order valence-corrected chi connectivity index (χ2v) is 17.9. The molecule has 4 aliphatic rings. The lowest BCUT2D eigenvalue weighted by Gasteiger charge is -2.45. The molecule has 2 bridgehead atoms. The molecular weight excluding hydrogens is 861 g/mol. The van der Waals surface area contributed by atoms with Gasteiger partial charge in [-0.2, -0.15) is 0 Å². The minimum absolute atomic E-state index is 0.00234. The van der Waals surface area contributed by atoms with Gasteiger partial charge in [0.05, 0.1) is 24.4 Å². The third-order valence-corrected chi connectivity index (χ3v) is 13.5. The van der Waals surface area contributed by atoms with Gasteiger partial charge in [-0.3, -0.25) is 14.4 Å². The van der Waals surface area contributed by atoms with Crippen molar-refractivity contribution in [2.24, 2.45) is 41.4 Å². The summed E-state index contributed by atoms with van der Waals surface area (Å²) < 4.78 is 23.9. The van der Waals surface area contributed by atoms with Crippen LogP contribution in [0.2, 0.25) is 0 Å². The maximum absolute atomic E-state index is 14.4. The van der Waals surface area contributed by atoms with E-state index in [1.54, 1.807) is 36.2 Å². The van der Waals surface area contributed by atoms with Crippen molar-refractivity contribution in [1.29, 1.82) is 0 Å². The number of halogens is 1. The van der Waals surface area contributed by atoms with E-state index in [0.29, 0.717) is 63.1 Å². The molecule has 324 valence electrons. The highest BCUT2D eigenvalue weighted by Gasteiger charge is 2.56. The molecule has 1 amide bonds. The number of hydrogen-bond donors (Lipinski definition) is 2. The summed E-state index contributed by atoms with van der Waals surface area (Å²) in [6.07, 6.45) is 7.40. The first kappa shape index (κ1) is 48.0. The molecule has 1 saturated carbocycles. The predicted molar refractivity (Wildman–Crippen MR) is 223 cm³/mol. The number of amides is 1. The fourth-order valence-electron chi connectivity index (χ4n) is 9.56. The Morgan fingerprint density at radius 2 is 1.71 bits per heavy atom. The number of esters is 1. The van der Waals surface area contributed by atoms with E-state index in [4.69, 9.17) is 17.3 Å². The van der Waals surface area contributed by atoms with Gasteiger partial charge in [-0.25, -0.2) is 4.79 Å². The summed E-state index contributed by atoms with van der Waals surface area (Å²) in [6.45, 7) is 13.0. The van der Waals surface area contributed by atoms with Crippen molar-refractivity contribution >= 4 is 59.0 Å². The van der Waals surface area contributed by atoms with Crippen LogP contribution in [0, 0.1) is 41.4 Å². The molecule has 13 nitrogen and oxygen atoms in total. The van der Waals surface area contributed by atoms with Crippen molar-refractivity contribution in [3.05, 3.63) is 36.0 Å². The summed E-state index contributed by atoms with van der Waals surface area (Å²) in [5, 5.41) is 22.4. The monoisotopic (exact) mass is 925 g/mol. The van der Waals surface area contributed by atoms with Crippen molar-refractivity contribution in [1.82, 2.24) is 4.90 Å². The van der Waals surface area contributed by atoms with Gasteiger partial charge in [-0.05, 0) is 95.5 Å². The zero-order valence-electron chi connectivity index (χ0n) is 34.9. The summed E-state index contributed by atoms with van der Waals surface area (Å²) >= 11 is 1.78. The number of allylic oxidation sites excluding steroid dienone is 4. The van der Waals surface area contributed by atoms with Crippen LogP contribution in [0.5, 0.6) is 0 Å². The van der Waals surface area contributed by atoms with Gasteiger partial charge in [0.15, 0.2) is 0 Å². The van der Waals surface area contributed by atoms with Crippen LogP contribution >= 0.6 is 23.0 Å². The molecule has 3 fully saturated rings. The first-order chi connectivity index (χ1) is 27.5. The van der Waals surface area contributed by atoms with E-state index in [1.165, 1.54) is 6.92 Å². The third-order valence-electron chi connectivity index (χ3n) is 12.9. The third kappa shape index (κ3) is 11.4. The zero-order chi connectivity index (χ0) is 42.9. The number of ketones is 2. The van der Waals surface area contributed by atoms with Gasteiger partial charge in [0.2, 0.25) is 5.79 Å². The predicted octanol–water partition coefficient (Wildman–Crippen LogP) is 5.61. The second kappa shape index (κ2) is 21.8. The highest BCUT2D eigenvalue weighted by molar-refractivity contribution is 14.1. The van der Waals surface area contributed by atoms with Crippen LogP contribution < -0.4 is 0 Å². The second-order valence-electron chi connectivity index (χ2n) is 17.4. The lowest BCUT2D eigenvalue weighted by molar-refractivity contribution is -0.278. The molecule has 2 N–H and O–H groups in total. The Balaban J connectivity index is 1.81. The first-order valence-corrected chi connectivity index (χ1v) is 21.7. The number of cyclic esters (lactones) is 1. The highest BCUT2D eigenvalue weighted by Crippen LogP contribution is 2.41. The van der Waals surface area contributed by atoms with Crippen molar-refractivity contribution in [3.63, 3.8) is 0 Å². The maximum Gasteiger partial charge on any atom is 0.329 e. The molecule has 14 heteroatoms. The molecule has 3 aliphatic heterocycles. The summed E-state index contributed by atoms with van der Waals surface area (Å²) in [4.78, 5) is 83.0. The molecule has 2 saturated heterocycles. The molecule has 14 atom stereocenters. The molecular formula is C44H64INO12. The fraction of sp³-hybridized carbons (Fsp3) is 0.727. The van der Waals surface area contributed by atoms with E-state index in [-0.39, 0.29) is 56.0 Å². The number of rotatable bonds is 8. The average molecular weight is 926 g/mol. The number of carbonyl (C=O) groups is 6. The fourth-order valence-corrected chi connectivity index (χ4v) is 10.2. The Bertz CT molecular complexity index is 1560. The number of methoxy groups -OCH3 is 1. The van der Waals surface area contributed by atoms with Crippen molar-refractivity contribution < 1.29 is 56.3 Å². The van der Waals surface area contributed by atoms with Gasteiger partial charge >= 0.3 is 5.97 Å². The number of aldehydes is 2. The minimum Gasteiger partial charge on any atom is -0.456 e. The van der Waals surface area contributed by atoms with Crippen LogP contribution in [0.15, 0.2) is 36.0 Å². The molecule has 1 aliphatic carbocycles. The quantitative estimate of drug-likeness (QED) is 0.101. The van der Waals surface area contributed by atoms with Crippen molar-refractivity contribution in [2.45, 2.75) is 148 Å². The number of hydrogen-bond acceptors (Lipinski definition) is 12. The summed E-state index contributed by atoms with van der Waals surface area (Å²) in [5.41, 5.74) is 1.61. The van der Waals surface area contributed by atoms with Crippen molar-refractivity contribution in [2.75, 3.05) is 13.7 Å². The number of nitrogens with zero attached hydrogens (tertiary/aromatic N) is 1. The van der Waals surface area contributed by atoms with E-state index < -0.39 is 83.5 Å². The average Bonchev–Trinajstić information content (AvgIpc) is 3.20. The molecule has 0 aromatic rings. The van der Waals surface area contributed by atoms with Crippen molar-refractivity contribution in [3.8, 4) is 0 Å². The number of aliphatic hydroxyl groups is 2. The normalized spacial score (nSPS) is 40.3. The maximum atomic E-state index is 14.4. The number of aliphatic hydroxyl groups excluding tert-OH is 1. The van der Waals surface area contributed by atoms with Crippen LogP contribution in [0.25, 0.3) is 0 Å². The van der Waals surface area contributed by atoms with Crippen LogP contribution in [-0.2, 0) is 46.0 Å². The summed E-state index contributed by atoms with van der Waals surface area (Å²) in [7, 11) is 1.56. The summed E-state index contributed by atoms with van der Waals surface area (Å²) in [6, 6.07) is -1.17. The zero-order valence-corrected chi connectivity index (χ0v) is 37.0. The van der Waals surface area contributed by atoms with E-state index >= 15 is 0 Å². The van der Waals surface area contributed by atoms with Gasteiger partial charge in [0, 0.05) is 49.7 Å². The smallest absolute Gasteiger partial charge is 0.329 e. The molecule has 0 unspecified atom stereocenters. The van der Waals surface area contributed by atoms with Crippen LogP contribution in [0.4, 0.5) is 0 Å². The standard InChI is InChI=1S/C44H64INO12/c1-8-11-31-17-25(2)16-26(3)18-32(23-47)40-33(24-48)20-28(5)44(54,57-40)41(51)42(52)46-15-10-9-12-34(46)43(53)56-39(29(6)37(58-45)22-36(31)50)27(4)19-30-13-14-35(49)38(21-30)55-7/h8,17,19,23-24,26,28-35,37-40,49,54H,1,9-16,18,20-22H2,2-7H3/b25-17+,27-19+/t26-,28+,29+,30-,31+,32+,33+,34-,35+,37-,38+,39+,40+,44+/m0/s1. The SMILES string of the molecule is C=CC[C@@H]1/C=C(\C)C[C@H](C)C[C@H](C=O)[C@H]2O[C@@](O)(C(=O)C(=O)N3CCCC[C@H]3C(=O)O[C@H](/C(C)=C/[C@@H]3CC[C@@H](O)[C@H](OC)C3)[C@H](C)[C@@H](OI)CC1=O)[C@H](C)C[C@@H]2C=O. The number of carbonyl (C=O) groups excluding carboxylic acids is 6. The minimum atomic E-state index is -2.65. The van der Waals surface area contributed by atoms with Gasteiger partial charge in [-0.1, -0.05) is 44.6 Å². The van der Waals surface area contributed by atoms with Crippen LogP contribution in [0.1, 0.15) is 105 Å². The van der Waals surface area contributed by atoms with Crippen LogP contribution in [0.3, 0.4) is 0 Å².